The minimum Gasteiger partial charge on any atom is -0.493 e. The molecule has 26 heavy (non-hydrogen) atoms. The maximum absolute atomic E-state index is 12.9. The van der Waals surface area contributed by atoms with Gasteiger partial charge >= 0.3 is 0 Å². The first-order valence-corrected chi connectivity index (χ1v) is 8.94. The Hall–Kier alpha value is -2.53. The van der Waals surface area contributed by atoms with Crippen LogP contribution in [0.25, 0.3) is 0 Å². The van der Waals surface area contributed by atoms with E-state index in [1.807, 2.05) is 36.9 Å². The average molecular weight is 354 g/mol. The van der Waals surface area contributed by atoms with E-state index < -0.39 is 0 Å². The van der Waals surface area contributed by atoms with Crippen LogP contribution in [-0.4, -0.2) is 43.2 Å². The van der Waals surface area contributed by atoms with Crippen molar-refractivity contribution in [2.45, 2.75) is 31.9 Å². The van der Waals surface area contributed by atoms with Crippen molar-refractivity contribution in [2.75, 3.05) is 20.2 Å². The van der Waals surface area contributed by atoms with Crippen LogP contribution in [0.1, 0.15) is 35.7 Å². The molecular weight excluding hydrogens is 328 g/mol. The molecule has 0 aliphatic carbocycles. The highest BCUT2D eigenvalue weighted by atomic mass is 16.5. The van der Waals surface area contributed by atoms with Crippen molar-refractivity contribution >= 4 is 5.91 Å². The number of hydrogen-bond donors (Lipinski definition) is 1. The lowest BCUT2D eigenvalue weighted by Gasteiger charge is -2.18. The lowest BCUT2D eigenvalue weighted by atomic mass is 9.95. The molecule has 0 bridgehead atoms. The fourth-order valence-corrected chi connectivity index (χ4v) is 3.38. The number of rotatable bonds is 5. The Bertz CT molecular complexity index is 761. The molecule has 0 spiro atoms. The van der Waals surface area contributed by atoms with Gasteiger partial charge in [0.15, 0.2) is 11.5 Å². The molecule has 0 radical (unpaired) electrons. The third-order valence-electron chi connectivity index (χ3n) is 4.65. The molecule has 2 aromatic carbocycles. The number of carbonyl (C=O) groups excluding carboxylic acids is 1. The number of likely N-dealkylation sites (tertiary alicyclic amines) is 1. The number of benzene rings is 2. The Morgan fingerprint density at radius 1 is 1.12 bits per heavy atom. The van der Waals surface area contributed by atoms with Gasteiger partial charge in [0.05, 0.1) is 13.2 Å². The fraction of sp³-hybridized carbons (Fsp3) is 0.381. The molecule has 1 saturated heterocycles. The van der Waals surface area contributed by atoms with Gasteiger partial charge in [0, 0.05) is 30.6 Å². The van der Waals surface area contributed by atoms with Crippen molar-refractivity contribution in [2.24, 2.45) is 5.73 Å². The van der Waals surface area contributed by atoms with E-state index in [-0.39, 0.29) is 24.0 Å². The summed E-state index contributed by atoms with van der Waals surface area (Å²) in [5.41, 5.74) is 8.07. The zero-order valence-corrected chi connectivity index (χ0v) is 15.5. The molecule has 2 N–H and O–H groups in total. The maximum Gasteiger partial charge on any atom is 0.254 e. The van der Waals surface area contributed by atoms with Crippen LogP contribution in [0.5, 0.6) is 11.5 Å². The topological polar surface area (TPSA) is 64.8 Å². The lowest BCUT2D eigenvalue weighted by Crippen LogP contribution is -2.32. The van der Waals surface area contributed by atoms with Crippen LogP contribution < -0.4 is 15.2 Å². The van der Waals surface area contributed by atoms with Crippen LogP contribution in [0.4, 0.5) is 0 Å². The molecule has 0 aromatic heterocycles. The van der Waals surface area contributed by atoms with Crippen molar-refractivity contribution in [3.8, 4) is 11.5 Å². The van der Waals surface area contributed by atoms with Gasteiger partial charge in [-0.1, -0.05) is 30.3 Å². The van der Waals surface area contributed by atoms with Crippen LogP contribution in [0.3, 0.4) is 0 Å². The Kier molecular flexibility index (Phi) is 5.47. The molecule has 2 aromatic rings. The number of amides is 1. The van der Waals surface area contributed by atoms with Crippen molar-refractivity contribution in [1.29, 1.82) is 0 Å². The second-order valence-corrected chi connectivity index (χ2v) is 6.92. The smallest absolute Gasteiger partial charge is 0.254 e. The summed E-state index contributed by atoms with van der Waals surface area (Å²) in [5, 5.41) is 0. The molecule has 1 aliphatic heterocycles. The summed E-state index contributed by atoms with van der Waals surface area (Å²) in [6.07, 6.45) is 0.0358. The molecule has 3 rings (SSSR count). The summed E-state index contributed by atoms with van der Waals surface area (Å²) < 4.78 is 11.1. The zero-order valence-electron chi connectivity index (χ0n) is 15.5. The third kappa shape index (κ3) is 3.83. The van der Waals surface area contributed by atoms with Crippen LogP contribution in [0.15, 0.2) is 48.5 Å². The molecule has 1 heterocycles. The number of ether oxygens (including phenoxy) is 2. The highest BCUT2D eigenvalue weighted by Crippen LogP contribution is 2.31. The predicted molar refractivity (Wildman–Crippen MR) is 102 cm³/mol. The predicted octanol–water partition coefficient (Wildman–Crippen LogP) is 3.05. The van der Waals surface area contributed by atoms with E-state index in [2.05, 4.69) is 12.1 Å². The quantitative estimate of drug-likeness (QED) is 0.896. The molecule has 5 heteroatoms. The average Bonchev–Trinajstić information content (AvgIpc) is 3.03. The van der Waals surface area contributed by atoms with Gasteiger partial charge in [-0.3, -0.25) is 4.79 Å². The van der Waals surface area contributed by atoms with E-state index >= 15 is 0 Å². The van der Waals surface area contributed by atoms with Gasteiger partial charge in [0.25, 0.3) is 5.91 Å². The van der Waals surface area contributed by atoms with Gasteiger partial charge in [0.2, 0.25) is 0 Å². The van der Waals surface area contributed by atoms with Crippen molar-refractivity contribution < 1.29 is 14.3 Å². The summed E-state index contributed by atoms with van der Waals surface area (Å²) in [6, 6.07) is 15.4. The third-order valence-corrected chi connectivity index (χ3v) is 4.65. The highest BCUT2D eigenvalue weighted by molar-refractivity contribution is 5.95. The van der Waals surface area contributed by atoms with Gasteiger partial charge in [0.1, 0.15) is 0 Å². The Balaban J connectivity index is 1.77. The van der Waals surface area contributed by atoms with Gasteiger partial charge in [-0.15, -0.1) is 0 Å². The second kappa shape index (κ2) is 7.79. The number of hydrogen-bond acceptors (Lipinski definition) is 4. The molecular formula is C21H26N2O3. The van der Waals surface area contributed by atoms with E-state index in [0.29, 0.717) is 30.2 Å². The molecule has 138 valence electrons. The first-order chi connectivity index (χ1) is 12.5. The van der Waals surface area contributed by atoms with Gasteiger partial charge in [-0.2, -0.15) is 0 Å². The minimum atomic E-state index is -0.0632. The van der Waals surface area contributed by atoms with E-state index in [0.717, 1.165) is 0 Å². The van der Waals surface area contributed by atoms with Crippen LogP contribution >= 0.6 is 0 Å². The van der Waals surface area contributed by atoms with E-state index in [9.17, 15) is 4.79 Å². The normalized spacial score (nSPS) is 19.7. The van der Waals surface area contributed by atoms with Gasteiger partial charge < -0.3 is 20.1 Å². The largest absolute Gasteiger partial charge is 0.493 e. The Morgan fingerprint density at radius 2 is 1.85 bits per heavy atom. The molecule has 1 fully saturated rings. The molecule has 5 nitrogen and oxygen atoms in total. The highest BCUT2D eigenvalue weighted by Gasteiger charge is 2.34. The molecule has 1 amide bonds. The summed E-state index contributed by atoms with van der Waals surface area (Å²) in [6.45, 7) is 5.07. The standard InChI is InChI=1S/C21H26N2O3/c1-14(2)26-19-10-9-16(11-20(19)25-3)21(24)23-12-17(18(22)13-23)15-7-5-4-6-8-15/h4-11,14,17-18H,12-13,22H2,1-3H3/t17-,18+/m0/s1. The SMILES string of the molecule is COc1cc(C(=O)N2C[C@@H](N)[C@H](c3ccccc3)C2)ccc1OC(C)C. The summed E-state index contributed by atoms with van der Waals surface area (Å²) >= 11 is 0. The Labute approximate surface area is 154 Å². The number of methoxy groups -OCH3 is 1. The van der Waals surface area contributed by atoms with Crippen molar-refractivity contribution in [3.05, 3.63) is 59.7 Å². The van der Waals surface area contributed by atoms with Gasteiger partial charge in [-0.05, 0) is 37.6 Å². The van der Waals surface area contributed by atoms with Crippen LogP contribution in [0.2, 0.25) is 0 Å². The molecule has 2 atom stereocenters. The summed E-state index contributed by atoms with van der Waals surface area (Å²) in [5.74, 6) is 1.32. The van der Waals surface area contributed by atoms with Gasteiger partial charge in [-0.25, -0.2) is 0 Å². The number of nitrogens with two attached hydrogens (primary N) is 1. The van der Waals surface area contributed by atoms with Crippen molar-refractivity contribution in [1.82, 2.24) is 4.90 Å². The number of carbonyl (C=O) groups is 1. The second-order valence-electron chi connectivity index (χ2n) is 6.92. The number of nitrogens with zero attached hydrogens (tertiary/aromatic N) is 1. The van der Waals surface area contributed by atoms with Crippen LogP contribution in [-0.2, 0) is 0 Å². The Morgan fingerprint density at radius 3 is 2.50 bits per heavy atom. The van der Waals surface area contributed by atoms with E-state index in [4.69, 9.17) is 15.2 Å². The van der Waals surface area contributed by atoms with Crippen molar-refractivity contribution in [3.63, 3.8) is 0 Å². The zero-order chi connectivity index (χ0) is 18.7. The summed E-state index contributed by atoms with van der Waals surface area (Å²) in [7, 11) is 1.58. The van der Waals surface area contributed by atoms with Crippen LogP contribution in [0, 0.1) is 0 Å². The molecule has 0 saturated carbocycles. The molecule has 0 unspecified atom stereocenters. The molecule has 1 aliphatic rings. The first kappa shape index (κ1) is 18.3. The summed E-state index contributed by atoms with van der Waals surface area (Å²) in [4.78, 5) is 14.8. The fourth-order valence-electron chi connectivity index (χ4n) is 3.38. The van der Waals surface area contributed by atoms with E-state index in [1.165, 1.54) is 5.56 Å². The lowest BCUT2D eigenvalue weighted by molar-refractivity contribution is 0.0788. The maximum atomic E-state index is 12.9. The van der Waals surface area contributed by atoms with E-state index in [1.54, 1.807) is 25.3 Å². The first-order valence-electron chi connectivity index (χ1n) is 8.94. The monoisotopic (exact) mass is 354 g/mol. The minimum absolute atomic E-state index is 0.0340.